The van der Waals surface area contributed by atoms with E-state index < -0.39 is 0 Å². The molecule has 1 aromatic carbocycles. The van der Waals surface area contributed by atoms with Crippen molar-refractivity contribution >= 4 is 0 Å². The van der Waals surface area contributed by atoms with Gasteiger partial charge in [-0.2, -0.15) is 5.10 Å². The number of ether oxygens (including phenoxy) is 1. The molecule has 2 N–H and O–H groups in total. The molecule has 0 fully saturated rings. The fraction of sp³-hybridized carbons (Fsp3) is 0.357. The van der Waals surface area contributed by atoms with Gasteiger partial charge in [-0.15, -0.1) is 0 Å². The molecule has 0 amide bonds. The number of hydrogen-bond acceptors (Lipinski definition) is 3. The van der Waals surface area contributed by atoms with Crippen LogP contribution in [0.1, 0.15) is 28.4 Å². The summed E-state index contributed by atoms with van der Waals surface area (Å²) in [5.41, 5.74) is 10.6. The van der Waals surface area contributed by atoms with E-state index >= 15 is 0 Å². The first kappa shape index (κ1) is 12.6. The smallest absolute Gasteiger partial charge is 0.211 e. The molecule has 4 heteroatoms. The Balaban J connectivity index is 2.37. The van der Waals surface area contributed by atoms with Crippen LogP contribution in [-0.4, -0.2) is 16.9 Å². The van der Waals surface area contributed by atoms with E-state index in [4.69, 9.17) is 10.5 Å². The highest BCUT2D eigenvalue weighted by Crippen LogP contribution is 2.23. The minimum atomic E-state index is -0.223. The van der Waals surface area contributed by atoms with Crippen molar-refractivity contribution in [3.63, 3.8) is 0 Å². The van der Waals surface area contributed by atoms with Crippen LogP contribution >= 0.6 is 0 Å². The number of aryl methyl sites for hydroxylation is 3. The molecule has 1 atom stereocenters. The van der Waals surface area contributed by atoms with Crippen LogP contribution in [0.5, 0.6) is 5.88 Å². The standard InChI is InChI=1S/C14H19N3O/c1-9-5-10(2)7-11(6-9)14(15)12-8-13(18-4)17(3)16-12/h5-8,14H,15H2,1-4H3. The molecule has 0 saturated heterocycles. The van der Waals surface area contributed by atoms with Crippen LogP contribution in [0.3, 0.4) is 0 Å². The molecule has 0 aliphatic rings. The van der Waals surface area contributed by atoms with Crippen LogP contribution < -0.4 is 10.5 Å². The number of aromatic nitrogens is 2. The summed E-state index contributed by atoms with van der Waals surface area (Å²) in [6.07, 6.45) is 0. The number of methoxy groups -OCH3 is 1. The Morgan fingerprint density at radius 3 is 2.28 bits per heavy atom. The third-order valence-corrected chi connectivity index (χ3v) is 2.99. The van der Waals surface area contributed by atoms with Crippen molar-refractivity contribution in [3.05, 3.63) is 46.6 Å². The predicted octanol–water partition coefficient (Wildman–Crippen LogP) is 2.09. The number of hydrogen-bond donors (Lipinski definition) is 1. The zero-order valence-electron chi connectivity index (χ0n) is 11.3. The second kappa shape index (κ2) is 4.82. The predicted molar refractivity (Wildman–Crippen MR) is 71.7 cm³/mol. The molecule has 0 bridgehead atoms. The zero-order chi connectivity index (χ0) is 13.3. The van der Waals surface area contributed by atoms with Crippen LogP contribution in [-0.2, 0) is 7.05 Å². The molecule has 2 aromatic rings. The van der Waals surface area contributed by atoms with E-state index in [1.54, 1.807) is 11.8 Å². The molecule has 0 radical (unpaired) electrons. The van der Waals surface area contributed by atoms with Gasteiger partial charge in [0.15, 0.2) is 0 Å². The summed E-state index contributed by atoms with van der Waals surface area (Å²) in [6, 6.07) is 7.98. The molecule has 2 rings (SSSR count). The van der Waals surface area contributed by atoms with Gasteiger partial charge >= 0.3 is 0 Å². The topological polar surface area (TPSA) is 53.1 Å². The van der Waals surface area contributed by atoms with Crippen LogP contribution in [0, 0.1) is 13.8 Å². The maximum absolute atomic E-state index is 6.26. The average Bonchev–Trinajstić information content (AvgIpc) is 2.68. The molecule has 0 aliphatic carbocycles. The number of nitrogens with two attached hydrogens (primary N) is 1. The molecule has 1 unspecified atom stereocenters. The van der Waals surface area contributed by atoms with Gasteiger partial charge in [0.25, 0.3) is 0 Å². The average molecular weight is 245 g/mol. The Morgan fingerprint density at radius 1 is 1.17 bits per heavy atom. The summed E-state index contributed by atoms with van der Waals surface area (Å²) in [6.45, 7) is 4.14. The first-order chi connectivity index (χ1) is 8.51. The number of rotatable bonds is 3. The van der Waals surface area contributed by atoms with Crippen molar-refractivity contribution in [2.45, 2.75) is 19.9 Å². The van der Waals surface area contributed by atoms with Gasteiger partial charge in [0.2, 0.25) is 5.88 Å². The quantitative estimate of drug-likeness (QED) is 0.901. The zero-order valence-corrected chi connectivity index (χ0v) is 11.3. The minimum Gasteiger partial charge on any atom is -0.481 e. The third kappa shape index (κ3) is 2.38. The summed E-state index contributed by atoms with van der Waals surface area (Å²) in [7, 11) is 3.47. The second-order valence-corrected chi connectivity index (χ2v) is 4.63. The summed E-state index contributed by atoms with van der Waals surface area (Å²) in [5.74, 6) is 0.713. The Hall–Kier alpha value is -1.81. The number of nitrogens with zero attached hydrogens (tertiary/aromatic N) is 2. The SMILES string of the molecule is COc1cc(C(N)c2cc(C)cc(C)c2)nn1C. The molecule has 0 spiro atoms. The molecule has 4 nitrogen and oxygen atoms in total. The lowest BCUT2D eigenvalue weighted by atomic mass is 10.00. The third-order valence-electron chi connectivity index (χ3n) is 2.99. The van der Waals surface area contributed by atoms with E-state index in [2.05, 4.69) is 37.1 Å². The summed E-state index contributed by atoms with van der Waals surface area (Å²) >= 11 is 0. The van der Waals surface area contributed by atoms with Gasteiger partial charge in [-0.25, -0.2) is 4.68 Å². The monoisotopic (exact) mass is 245 g/mol. The first-order valence-electron chi connectivity index (χ1n) is 5.93. The van der Waals surface area contributed by atoms with E-state index in [1.807, 2.05) is 13.1 Å². The van der Waals surface area contributed by atoms with Crippen molar-refractivity contribution in [2.24, 2.45) is 12.8 Å². The van der Waals surface area contributed by atoms with E-state index in [-0.39, 0.29) is 6.04 Å². The Morgan fingerprint density at radius 2 is 1.78 bits per heavy atom. The fourth-order valence-electron chi connectivity index (χ4n) is 2.17. The fourth-order valence-corrected chi connectivity index (χ4v) is 2.17. The highest BCUT2D eigenvalue weighted by Gasteiger charge is 2.15. The lowest BCUT2D eigenvalue weighted by Crippen LogP contribution is -2.13. The summed E-state index contributed by atoms with van der Waals surface area (Å²) in [5, 5.41) is 4.38. The maximum atomic E-state index is 6.26. The Kier molecular flexibility index (Phi) is 3.39. The second-order valence-electron chi connectivity index (χ2n) is 4.63. The molecular weight excluding hydrogens is 226 g/mol. The van der Waals surface area contributed by atoms with Crippen LogP contribution in [0.15, 0.2) is 24.3 Å². The normalized spacial score (nSPS) is 12.5. The minimum absolute atomic E-state index is 0.223. The first-order valence-corrected chi connectivity index (χ1v) is 5.93. The summed E-state index contributed by atoms with van der Waals surface area (Å²) < 4.78 is 6.90. The highest BCUT2D eigenvalue weighted by atomic mass is 16.5. The van der Waals surface area contributed by atoms with Gasteiger partial charge in [0, 0.05) is 13.1 Å². The number of benzene rings is 1. The van der Waals surface area contributed by atoms with E-state index in [9.17, 15) is 0 Å². The molecular formula is C14H19N3O. The molecule has 0 aliphatic heterocycles. The van der Waals surface area contributed by atoms with Crippen molar-refractivity contribution in [3.8, 4) is 5.88 Å². The maximum Gasteiger partial charge on any atom is 0.211 e. The van der Waals surface area contributed by atoms with E-state index in [0.717, 1.165) is 11.3 Å². The van der Waals surface area contributed by atoms with Crippen LogP contribution in [0.2, 0.25) is 0 Å². The van der Waals surface area contributed by atoms with Crippen molar-refractivity contribution in [2.75, 3.05) is 7.11 Å². The molecule has 18 heavy (non-hydrogen) atoms. The van der Waals surface area contributed by atoms with Gasteiger partial charge in [-0.1, -0.05) is 29.3 Å². The lowest BCUT2D eigenvalue weighted by Gasteiger charge is -2.11. The van der Waals surface area contributed by atoms with Gasteiger partial charge < -0.3 is 10.5 Å². The van der Waals surface area contributed by atoms with E-state index in [0.29, 0.717) is 5.88 Å². The largest absolute Gasteiger partial charge is 0.481 e. The molecule has 1 aromatic heterocycles. The summed E-state index contributed by atoms with van der Waals surface area (Å²) in [4.78, 5) is 0. The highest BCUT2D eigenvalue weighted by molar-refractivity contribution is 5.35. The van der Waals surface area contributed by atoms with Crippen LogP contribution in [0.4, 0.5) is 0 Å². The van der Waals surface area contributed by atoms with E-state index in [1.165, 1.54) is 11.1 Å². The Labute approximate surface area is 107 Å². The molecule has 0 saturated carbocycles. The molecule has 96 valence electrons. The van der Waals surface area contributed by atoms with Gasteiger partial charge in [0.1, 0.15) is 0 Å². The van der Waals surface area contributed by atoms with Gasteiger partial charge in [-0.3, -0.25) is 0 Å². The van der Waals surface area contributed by atoms with Crippen LogP contribution in [0.25, 0.3) is 0 Å². The van der Waals surface area contributed by atoms with Crippen molar-refractivity contribution < 1.29 is 4.74 Å². The van der Waals surface area contributed by atoms with Crippen molar-refractivity contribution in [1.82, 2.24) is 9.78 Å². The molecule has 1 heterocycles. The van der Waals surface area contributed by atoms with Gasteiger partial charge in [0.05, 0.1) is 18.8 Å². The van der Waals surface area contributed by atoms with Gasteiger partial charge in [-0.05, 0) is 19.4 Å². The Bertz CT molecular complexity index is 540. The lowest BCUT2D eigenvalue weighted by molar-refractivity contribution is 0.373. The van der Waals surface area contributed by atoms with Crippen molar-refractivity contribution in [1.29, 1.82) is 0 Å².